The molecule has 13 nitrogen and oxygen atoms in total. The quantitative estimate of drug-likeness (QED) is 0.372. The van der Waals surface area contributed by atoms with E-state index < -0.39 is 28.1 Å². The van der Waals surface area contributed by atoms with Gasteiger partial charge in [0.1, 0.15) is 5.75 Å². The number of sulfonamides is 1. The second kappa shape index (κ2) is 15.5. The van der Waals surface area contributed by atoms with Crippen LogP contribution in [-0.4, -0.2) is 101 Å². The molecule has 2 N–H and O–H groups in total. The Balaban J connectivity index is 1.66. The molecule has 3 aromatic rings. The molecular formula is C32H44N6O7S. The average Bonchev–Trinajstić information content (AvgIpc) is 3.49. The van der Waals surface area contributed by atoms with Crippen molar-refractivity contribution < 1.29 is 32.6 Å². The molecule has 2 amide bonds. The Morgan fingerprint density at radius 2 is 1.93 bits per heavy atom. The molecule has 1 aliphatic rings. The van der Waals surface area contributed by atoms with E-state index in [1.807, 2.05) is 13.8 Å². The number of likely N-dealkylation sites (N-methyl/N-ethyl adjacent to an activating group) is 1. The molecule has 14 heteroatoms. The van der Waals surface area contributed by atoms with Crippen molar-refractivity contribution in [1.29, 1.82) is 0 Å². The van der Waals surface area contributed by atoms with Crippen LogP contribution < -0.4 is 9.46 Å². The SMILES string of the molecule is C[C@@H]1CN([C@H](C)CO)C(=O)c2cc(NS(=O)(=O)c3cn(C)cn3)ccc2O[C@@H](C)CCCCO[C@@H]1CN(C)C(=O)c1ccncc1. The Bertz CT molecular complexity index is 1580. The third-order valence-corrected chi connectivity index (χ3v) is 9.25. The number of aliphatic hydroxyl groups is 1. The number of nitrogens with zero attached hydrogens (tertiary/aromatic N) is 5. The number of imidazole rings is 1. The zero-order valence-corrected chi connectivity index (χ0v) is 27.8. The molecule has 0 fully saturated rings. The van der Waals surface area contributed by atoms with Gasteiger partial charge in [-0.25, -0.2) is 4.98 Å². The largest absolute Gasteiger partial charge is 0.490 e. The van der Waals surface area contributed by atoms with Crippen molar-refractivity contribution >= 4 is 27.5 Å². The number of aliphatic hydroxyl groups excluding tert-OH is 1. The Morgan fingerprint density at radius 1 is 1.20 bits per heavy atom. The van der Waals surface area contributed by atoms with Gasteiger partial charge in [-0.15, -0.1) is 0 Å². The van der Waals surface area contributed by atoms with Gasteiger partial charge in [-0.05, 0) is 63.4 Å². The van der Waals surface area contributed by atoms with Crippen LogP contribution in [-0.2, 0) is 21.8 Å². The number of pyridine rings is 1. The number of ether oxygens (including phenoxy) is 2. The lowest BCUT2D eigenvalue weighted by Crippen LogP contribution is -2.48. The molecule has 3 heterocycles. The summed E-state index contributed by atoms with van der Waals surface area (Å²) in [5, 5.41) is 10.0. The van der Waals surface area contributed by atoms with E-state index in [0.717, 1.165) is 12.8 Å². The van der Waals surface area contributed by atoms with Crippen LogP contribution in [0.2, 0.25) is 0 Å². The molecule has 1 aromatic carbocycles. The highest BCUT2D eigenvalue weighted by atomic mass is 32.2. The van der Waals surface area contributed by atoms with E-state index in [4.69, 9.17) is 9.47 Å². The first-order valence-electron chi connectivity index (χ1n) is 15.4. The first-order chi connectivity index (χ1) is 21.9. The number of benzene rings is 1. The van der Waals surface area contributed by atoms with Gasteiger partial charge in [-0.3, -0.25) is 19.3 Å². The first-order valence-corrected chi connectivity index (χ1v) is 16.9. The molecule has 0 radical (unpaired) electrons. The molecule has 0 unspecified atom stereocenters. The maximum absolute atomic E-state index is 14.3. The fraction of sp³-hybridized carbons (Fsp3) is 0.500. The Morgan fingerprint density at radius 3 is 2.61 bits per heavy atom. The maximum atomic E-state index is 14.3. The summed E-state index contributed by atoms with van der Waals surface area (Å²) >= 11 is 0. The minimum Gasteiger partial charge on any atom is -0.490 e. The Kier molecular flexibility index (Phi) is 11.8. The van der Waals surface area contributed by atoms with Crippen molar-refractivity contribution in [2.45, 2.75) is 63.3 Å². The lowest BCUT2D eigenvalue weighted by molar-refractivity contribution is -0.0149. The van der Waals surface area contributed by atoms with Crippen LogP contribution >= 0.6 is 0 Å². The van der Waals surface area contributed by atoms with E-state index in [1.54, 1.807) is 67.5 Å². The molecule has 0 spiro atoms. The summed E-state index contributed by atoms with van der Waals surface area (Å²) in [6.45, 7) is 6.25. The van der Waals surface area contributed by atoms with E-state index >= 15 is 0 Å². The van der Waals surface area contributed by atoms with Crippen LogP contribution in [0.1, 0.15) is 60.7 Å². The van der Waals surface area contributed by atoms with E-state index in [-0.39, 0.29) is 53.9 Å². The fourth-order valence-corrected chi connectivity index (χ4v) is 6.28. The first kappa shape index (κ1) is 34.9. The lowest BCUT2D eigenvalue weighted by Gasteiger charge is -2.36. The lowest BCUT2D eigenvalue weighted by atomic mass is 10.0. The number of anilines is 1. The highest BCUT2D eigenvalue weighted by Crippen LogP contribution is 2.29. The summed E-state index contributed by atoms with van der Waals surface area (Å²) in [5.41, 5.74) is 0.828. The Labute approximate surface area is 270 Å². The zero-order chi connectivity index (χ0) is 33.4. The number of nitrogens with one attached hydrogen (secondary N) is 1. The van der Waals surface area contributed by atoms with E-state index in [0.29, 0.717) is 24.3 Å². The van der Waals surface area contributed by atoms with E-state index in [9.17, 15) is 23.1 Å². The molecule has 0 bridgehead atoms. The number of hydrogen-bond acceptors (Lipinski definition) is 9. The van der Waals surface area contributed by atoms with Crippen molar-refractivity contribution in [3.63, 3.8) is 0 Å². The van der Waals surface area contributed by atoms with Gasteiger partial charge in [-0.1, -0.05) is 6.92 Å². The molecule has 1 aliphatic heterocycles. The second-order valence-electron chi connectivity index (χ2n) is 11.9. The average molecular weight is 657 g/mol. The van der Waals surface area contributed by atoms with Crippen LogP contribution in [0.4, 0.5) is 5.69 Å². The highest BCUT2D eigenvalue weighted by molar-refractivity contribution is 7.92. The van der Waals surface area contributed by atoms with Crippen LogP contribution in [0.3, 0.4) is 0 Å². The van der Waals surface area contributed by atoms with Gasteiger partial charge in [0.2, 0.25) is 0 Å². The number of carbonyl (C=O) groups is 2. The van der Waals surface area contributed by atoms with E-state index in [2.05, 4.69) is 14.7 Å². The molecule has 2 aromatic heterocycles. The number of aromatic nitrogens is 3. The predicted molar refractivity (Wildman–Crippen MR) is 172 cm³/mol. The summed E-state index contributed by atoms with van der Waals surface area (Å²) < 4.78 is 42.7. The molecule has 0 saturated carbocycles. The highest BCUT2D eigenvalue weighted by Gasteiger charge is 2.31. The van der Waals surface area contributed by atoms with Crippen molar-refractivity contribution in [1.82, 2.24) is 24.3 Å². The molecule has 0 saturated heterocycles. The van der Waals surface area contributed by atoms with Crippen LogP contribution in [0, 0.1) is 5.92 Å². The third kappa shape index (κ3) is 8.83. The molecule has 4 rings (SSSR count). The number of amides is 2. The molecular weight excluding hydrogens is 612 g/mol. The smallest absolute Gasteiger partial charge is 0.280 e. The summed E-state index contributed by atoms with van der Waals surface area (Å²) in [6, 6.07) is 7.32. The summed E-state index contributed by atoms with van der Waals surface area (Å²) in [4.78, 5) is 38.5. The number of fused-ring (bicyclic) bond motifs is 1. The minimum absolute atomic E-state index is 0.153. The van der Waals surface area contributed by atoms with Gasteiger partial charge in [-0.2, -0.15) is 8.42 Å². The molecule has 4 atom stereocenters. The summed E-state index contributed by atoms with van der Waals surface area (Å²) in [5.74, 6) is -0.544. The van der Waals surface area contributed by atoms with Gasteiger partial charge >= 0.3 is 0 Å². The van der Waals surface area contributed by atoms with Gasteiger partial charge in [0.25, 0.3) is 21.8 Å². The van der Waals surface area contributed by atoms with Crippen LogP contribution in [0.15, 0.2) is 60.3 Å². The van der Waals surface area contributed by atoms with Gasteiger partial charge < -0.3 is 28.9 Å². The van der Waals surface area contributed by atoms with Gasteiger partial charge in [0.15, 0.2) is 5.03 Å². The zero-order valence-electron chi connectivity index (χ0n) is 27.0. The topological polar surface area (TPSA) is 156 Å². The normalized spacial score (nSPS) is 20.6. The second-order valence-corrected chi connectivity index (χ2v) is 13.5. The predicted octanol–water partition coefficient (Wildman–Crippen LogP) is 3.18. The molecule has 0 aliphatic carbocycles. The standard InChI is InChI=1S/C32H44N6O7S/c1-22-17-38(23(2)20-39)32(41)27-16-26(35-46(42,43)30-19-36(4)21-34-30)9-10-28(27)45-24(3)8-6-7-15-44-29(22)18-37(5)31(40)25-11-13-33-14-12-25/h9-14,16,19,21-24,29,35,39H,6-8,15,17-18,20H2,1-5H3/t22-,23-,24+,29-/m1/s1. The third-order valence-electron chi connectivity index (χ3n) is 7.99. The van der Waals surface area contributed by atoms with Crippen molar-refractivity contribution in [3.8, 4) is 5.75 Å². The number of hydrogen-bond donors (Lipinski definition) is 2. The number of rotatable bonds is 8. The van der Waals surface area contributed by atoms with Gasteiger partial charge in [0, 0.05) is 69.6 Å². The molecule has 46 heavy (non-hydrogen) atoms. The van der Waals surface area contributed by atoms with Crippen LogP contribution in [0.25, 0.3) is 0 Å². The van der Waals surface area contributed by atoms with Crippen molar-refractivity contribution in [3.05, 3.63) is 66.4 Å². The Hall–Kier alpha value is -4.01. The van der Waals surface area contributed by atoms with Gasteiger partial charge in [0.05, 0.1) is 36.7 Å². The number of carbonyl (C=O) groups excluding carboxylic acids is 2. The maximum Gasteiger partial charge on any atom is 0.280 e. The minimum atomic E-state index is -4.03. The summed E-state index contributed by atoms with van der Waals surface area (Å²) in [6.07, 6.45) is 7.53. The van der Waals surface area contributed by atoms with E-state index in [1.165, 1.54) is 23.2 Å². The fourth-order valence-electron chi connectivity index (χ4n) is 5.25. The van der Waals surface area contributed by atoms with Crippen molar-refractivity contribution in [2.24, 2.45) is 13.0 Å². The number of aryl methyl sites for hydroxylation is 1. The monoisotopic (exact) mass is 656 g/mol. The van der Waals surface area contributed by atoms with Crippen molar-refractivity contribution in [2.75, 3.05) is 38.1 Å². The van der Waals surface area contributed by atoms with Crippen LogP contribution in [0.5, 0.6) is 5.75 Å². The summed E-state index contributed by atoms with van der Waals surface area (Å²) in [7, 11) is -0.645. The molecule has 250 valence electrons.